The maximum Gasteiger partial charge on any atom is 0.262 e. The highest BCUT2D eigenvalue weighted by Crippen LogP contribution is 2.28. The molecule has 8 heteroatoms. The number of imide groups is 2. The van der Waals surface area contributed by atoms with Crippen molar-refractivity contribution in [3.8, 4) is 0 Å². The standard InChI is InChI=1S/C17H17N3O5/c1-2-7-18-14(22)9-3-4-10-11(8-9)17(25)20(16(10)24)12-5-6-13(21)19-15(12)23/h3-4,8,12H,2,5-7H2,1H3,(H,18,22)(H,19,21,23). The molecule has 1 saturated heterocycles. The van der Waals surface area contributed by atoms with Gasteiger partial charge in [-0.1, -0.05) is 6.92 Å². The number of carbonyl (C=O) groups excluding carboxylic acids is 5. The molecule has 2 aliphatic heterocycles. The second-order valence-electron chi connectivity index (χ2n) is 5.96. The number of rotatable bonds is 4. The van der Waals surface area contributed by atoms with Crippen molar-refractivity contribution in [2.45, 2.75) is 32.2 Å². The average Bonchev–Trinajstić information content (AvgIpc) is 2.84. The van der Waals surface area contributed by atoms with E-state index in [0.717, 1.165) is 11.3 Å². The molecule has 1 aromatic carbocycles. The summed E-state index contributed by atoms with van der Waals surface area (Å²) in [6, 6.07) is 3.25. The Morgan fingerprint density at radius 2 is 1.92 bits per heavy atom. The number of fused-ring (bicyclic) bond motifs is 1. The summed E-state index contributed by atoms with van der Waals surface area (Å²) in [5.74, 6) is -2.63. The van der Waals surface area contributed by atoms with Crippen LogP contribution in [-0.4, -0.2) is 47.0 Å². The van der Waals surface area contributed by atoms with Crippen LogP contribution in [-0.2, 0) is 9.59 Å². The topological polar surface area (TPSA) is 113 Å². The first-order chi connectivity index (χ1) is 11.9. The molecule has 2 N–H and O–H groups in total. The second kappa shape index (κ2) is 6.46. The Balaban J connectivity index is 1.88. The molecule has 0 radical (unpaired) electrons. The van der Waals surface area contributed by atoms with Crippen LogP contribution in [0.3, 0.4) is 0 Å². The van der Waals surface area contributed by atoms with Crippen molar-refractivity contribution >= 4 is 29.5 Å². The van der Waals surface area contributed by atoms with Crippen LogP contribution in [0.1, 0.15) is 57.3 Å². The van der Waals surface area contributed by atoms with Crippen LogP contribution in [0.25, 0.3) is 0 Å². The van der Waals surface area contributed by atoms with E-state index in [1.54, 1.807) is 0 Å². The predicted molar refractivity (Wildman–Crippen MR) is 85.7 cm³/mol. The Hall–Kier alpha value is -3.03. The smallest absolute Gasteiger partial charge is 0.262 e. The van der Waals surface area contributed by atoms with Crippen molar-refractivity contribution in [3.05, 3.63) is 34.9 Å². The first-order valence-corrected chi connectivity index (χ1v) is 8.08. The van der Waals surface area contributed by atoms with E-state index in [1.165, 1.54) is 18.2 Å². The lowest BCUT2D eigenvalue weighted by Crippen LogP contribution is -2.54. The lowest BCUT2D eigenvalue weighted by Gasteiger charge is -2.27. The minimum atomic E-state index is -1.01. The molecule has 2 heterocycles. The summed E-state index contributed by atoms with van der Waals surface area (Å²) >= 11 is 0. The molecule has 25 heavy (non-hydrogen) atoms. The van der Waals surface area contributed by atoms with Crippen LogP contribution in [0.15, 0.2) is 18.2 Å². The highest BCUT2D eigenvalue weighted by Gasteiger charge is 2.44. The molecule has 5 amide bonds. The Kier molecular flexibility index (Phi) is 4.35. The fourth-order valence-corrected chi connectivity index (χ4v) is 2.95. The molecule has 1 aromatic rings. The van der Waals surface area contributed by atoms with Gasteiger partial charge in [0.1, 0.15) is 6.04 Å². The highest BCUT2D eigenvalue weighted by atomic mass is 16.2. The Morgan fingerprint density at radius 1 is 1.20 bits per heavy atom. The van der Waals surface area contributed by atoms with Gasteiger partial charge in [0.2, 0.25) is 11.8 Å². The lowest BCUT2D eigenvalue weighted by atomic mass is 10.0. The zero-order valence-electron chi connectivity index (χ0n) is 13.6. The molecule has 1 unspecified atom stereocenters. The summed E-state index contributed by atoms with van der Waals surface area (Å²) in [6.07, 6.45) is 0.936. The Morgan fingerprint density at radius 3 is 2.60 bits per heavy atom. The summed E-state index contributed by atoms with van der Waals surface area (Å²) in [5.41, 5.74) is 0.527. The number of benzene rings is 1. The fourth-order valence-electron chi connectivity index (χ4n) is 2.95. The maximum atomic E-state index is 12.6. The van der Waals surface area contributed by atoms with E-state index in [9.17, 15) is 24.0 Å². The maximum absolute atomic E-state index is 12.6. The number of carbonyl (C=O) groups is 5. The van der Waals surface area contributed by atoms with E-state index in [0.29, 0.717) is 6.54 Å². The van der Waals surface area contributed by atoms with Gasteiger partial charge >= 0.3 is 0 Å². The third kappa shape index (κ3) is 2.90. The van der Waals surface area contributed by atoms with E-state index in [-0.39, 0.29) is 35.4 Å². The van der Waals surface area contributed by atoms with Crippen LogP contribution < -0.4 is 10.6 Å². The van der Waals surface area contributed by atoms with Gasteiger partial charge in [-0.05, 0) is 31.0 Å². The zero-order chi connectivity index (χ0) is 18.1. The van der Waals surface area contributed by atoms with Crippen molar-refractivity contribution in [3.63, 3.8) is 0 Å². The molecule has 0 bridgehead atoms. The summed E-state index contributed by atoms with van der Waals surface area (Å²) in [6.45, 7) is 2.42. The van der Waals surface area contributed by atoms with E-state index in [4.69, 9.17) is 0 Å². The predicted octanol–water partition coefficient (Wildman–Crippen LogP) is 0.228. The van der Waals surface area contributed by atoms with Crippen LogP contribution in [0.5, 0.6) is 0 Å². The Labute approximate surface area is 143 Å². The molecule has 8 nitrogen and oxygen atoms in total. The molecular weight excluding hydrogens is 326 g/mol. The van der Waals surface area contributed by atoms with Crippen LogP contribution in [0.2, 0.25) is 0 Å². The number of hydrogen-bond donors (Lipinski definition) is 2. The SMILES string of the molecule is CCCNC(=O)c1ccc2c(c1)C(=O)N(C1CCC(=O)NC1=O)C2=O. The number of nitrogens with zero attached hydrogens (tertiary/aromatic N) is 1. The molecule has 0 aliphatic carbocycles. The third-order valence-electron chi connectivity index (χ3n) is 4.24. The zero-order valence-corrected chi connectivity index (χ0v) is 13.6. The molecule has 0 spiro atoms. The largest absolute Gasteiger partial charge is 0.352 e. The molecule has 0 aromatic heterocycles. The van der Waals surface area contributed by atoms with Crippen molar-refractivity contribution in [1.29, 1.82) is 0 Å². The third-order valence-corrected chi connectivity index (χ3v) is 4.24. The first-order valence-electron chi connectivity index (χ1n) is 8.08. The lowest BCUT2D eigenvalue weighted by molar-refractivity contribution is -0.136. The van der Waals surface area contributed by atoms with Crippen LogP contribution in [0.4, 0.5) is 0 Å². The van der Waals surface area contributed by atoms with Gasteiger partial charge in [0.05, 0.1) is 11.1 Å². The number of piperidine rings is 1. The molecule has 1 fully saturated rings. The van der Waals surface area contributed by atoms with Crippen LogP contribution >= 0.6 is 0 Å². The quantitative estimate of drug-likeness (QED) is 0.760. The first kappa shape index (κ1) is 16.8. The van der Waals surface area contributed by atoms with Gasteiger partial charge in [0.15, 0.2) is 0 Å². The van der Waals surface area contributed by atoms with Crippen molar-refractivity contribution < 1.29 is 24.0 Å². The van der Waals surface area contributed by atoms with Gasteiger partial charge in [-0.15, -0.1) is 0 Å². The van der Waals surface area contributed by atoms with E-state index >= 15 is 0 Å². The summed E-state index contributed by atoms with van der Waals surface area (Å²) < 4.78 is 0. The molecule has 0 saturated carbocycles. The van der Waals surface area contributed by atoms with Gasteiger partial charge in [-0.25, -0.2) is 0 Å². The highest BCUT2D eigenvalue weighted by molar-refractivity contribution is 6.24. The van der Waals surface area contributed by atoms with Crippen molar-refractivity contribution in [1.82, 2.24) is 15.5 Å². The van der Waals surface area contributed by atoms with Gasteiger partial charge < -0.3 is 5.32 Å². The van der Waals surface area contributed by atoms with E-state index < -0.39 is 29.7 Å². The molecule has 130 valence electrons. The minimum Gasteiger partial charge on any atom is -0.352 e. The fraction of sp³-hybridized carbons (Fsp3) is 0.353. The van der Waals surface area contributed by atoms with E-state index in [1.807, 2.05) is 6.92 Å². The van der Waals surface area contributed by atoms with E-state index in [2.05, 4.69) is 10.6 Å². The number of hydrogen-bond acceptors (Lipinski definition) is 5. The molecule has 3 rings (SSSR count). The molecular formula is C17H17N3O5. The summed E-state index contributed by atoms with van der Waals surface area (Å²) in [5, 5.41) is 4.84. The van der Waals surface area contributed by atoms with Crippen molar-refractivity contribution in [2.75, 3.05) is 6.54 Å². The van der Waals surface area contributed by atoms with Gasteiger partial charge in [0, 0.05) is 18.5 Å². The summed E-state index contributed by atoms with van der Waals surface area (Å²) in [7, 11) is 0. The second-order valence-corrected chi connectivity index (χ2v) is 5.96. The monoisotopic (exact) mass is 343 g/mol. The molecule has 2 aliphatic rings. The summed E-state index contributed by atoms with van der Waals surface area (Å²) in [4.78, 5) is 61.3. The van der Waals surface area contributed by atoms with Crippen molar-refractivity contribution in [2.24, 2.45) is 0 Å². The normalized spacial score (nSPS) is 19.7. The molecule has 1 atom stereocenters. The van der Waals surface area contributed by atoms with Gasteiger partial charge in [0.25, 0.3) is 17.7 Å². The van der Waals surface area contributed by atoms with Gasteiger partial charge in [-0.3, -0.25) is 34.2 Å². The number of amides is 5. The average molecular weight is 343 g/mol. The number of nitrogens with one attached hydrogen (secondary N) is 2. The minimum absolute atomic E-state index is 0.0640. The van der Waals surface area contributed by atoms with Crippen LogP contribution in [0, 0.1) is 0 Å². The van der Waals surface area contributed by atoms with Gasteiger partial charge in [-0.2, -0.15) is 0 Å². The Bertz CT molecular complexity index is 801.